The van der Waals surface area contributed by atoms with Gasteiger partial charge in [-0.15, -0.1) is 0 Å². The van der Waals surface area contributed by atoms with E-state index in [1.807, 2.05) is 6.26 Å². The monoisotopic (exact) mass is 396 g/mol. The first-order chi connectivity index (χ1) is 12.6. The Hall–Kier alpha value is -1.99. The van der Waals surface area contributed by atoms with Crippen LogP contribution in [0.15, 0.2) is 41.5 Å². The van der Waals surface area contributed by atoms with Gasteiger partial charge in [0.25, 0.3) is 0 Å². The predicted octanol–water partition coefficient (Wildman–Crippen LogP) is 3.48. The van der Waals surface area contributed by atoms with Gasteiger partial charge in [0.2, 0.25) is 5.88 Å². The third kappa shape index (κ3) is 6.38. The number of hydrogen-bond donors (Lipinski definition) is 2. The zero-order valence-corrected chi connectivity index (χ0v) is 16.3. The predicted molar refractivity (Wildman–Crippen MR) is 107 cm³/mol. The van der Waals surface area contributed by atoms with Gasteiger partial charge >= 0.3 is 0 Å². The molecule has 0 aliphatic heterocycles. The maximum Gasteiger partial charge on any atom is 0.232 e. The molecule has 2 aromatic rings. The molecule has 26 heavy (non-hydrogen) atoms. The van der Waals surface area contributed by atoms with E-state index in [0.29, 0.717) is 36.6 Å². The van der Waals surface area contributed by atoms with Gasteiger partial charge in [-0.3, -0.25) is 4.99 Å². The Labute approximate surface area is 162 Å². The quantitative estimate of drug-likeness (QED) is 0.406. The molecule has 5 nitrogen and oxygen atoms in total. The Morgan fingerprint density at radius 2 is 2.15 bits per heavy atom. The van der Waals surface area contributed by atoms with Crippen LogP contribution in [-0.4, -0.2) is 37.4 Å². The molecule has 1 aromatic heterocycles. The average molecular weight is 397 g/mol. The first-order valence-corrected chi connectivity index (χ1v) is 9.85. The largest absolute Gasteiger partial charge is 0.475 e. The minimum absolute atomic E-state index is 0.217. The summed E-state index contributed by atoms with van der Waals surface area (Å²) in [5, 5.41) is 6.86. The minimum atomic E-state index is -0.217. The summed E-state index contributed by atoms with van der Waals surface area (Å²) in [4.78, 5) is 8.24. The van der Waals surface area contributed by atoms with Crippen LogP contribution in [0.25, 0.3) is 0 Å². The number of rotatable bonds is 8. The molecule has 0 amide bonds. The molecule has 0 spiro atoms. The highest BCUT2D eigenvalue weighted by Crippen LogP contribution is 2.19. The number of halogens is 2. The zero-order chi connectivity index (χ0) is 18.8. The van der Waals surface area contributed by atoms with Crippen molar-refractivity contribution in [3.05, 3.63) is 58.5 Å². The second-order valence-corrected chi connectivity index (χ2v) is 6.61. The Kier molecular flexibility index (Phi) is 8.50. The van der Waals surface area contributed by atoms with E-state index in [4.69, 9.17) is 16.3 Å². The van der Waals surface area contributed by atoms with Crippen LogP contribution in [0.3, 0.4) is 0 Å². The van der Waals surface area contributed by atoms with Crippen LogP contribution in [0.2, 0.25) is 5.02 Å². The van der Waals surface area contributed by atoms with Gasteiger partial charge in [0.15, 0.2) is 5.96 Å². The summed E-state index contributed by atoms with van der Waals surface area (Å²) in [6, 6.07) is 8.33. The molecule has 0 aliphatic rings. The Balaban J connectivity index is 1.80. The van der Waals surface area contributed by atoms with Crippen molar-refractivity contribution < 1.29 is 9.13 Å². The van der Waals surface area contributed by atoms with Gasteiger partial charge in [0.1, 0.15) is 17.4 Å². The number of aromatic nitrogens is 1. The van der Waals surface area contributed by atoms with Crippen molar-refractivity contribution in [3.63, 3.8) is 0 Å². The SMILES string of the molecule is CN=C(NCCOc1ncccc1Cl)NCc1ccc(F)cc1CSC. The number of hydrogen-bond acceptors (Lipinski definition) is 4. The highest BCUT2D eigenvalue weighted by Gasteiger charge is 2.06. The van der Waals surface area contributed by atoms with Crippen LogP contribution in [0.1, 0.15) is 11.1 Å². The lowest BCUT2D eigenvalue weighted by atomic mass is 10.1. The fraction of sp³-hybridized carbons (Fsp3) is 0.333. The van der Waals surface area contributed by atoms with Crippen LogP contribution in [0, 0.1) is 5.82 Å². The molecular weight excluding hydrogens is 375 g/mol. The van der Waals surface area contributed by atoms with E-state index in [1.54, 1.807) is 49.3 Å². The summed E-state index contributed by atoms with van der Waals surface area (Å²) in [6.07, 6.45) is 3.63. The van der Waals surface area contributed by atoms with E-state index in [1.165, 1.54) is 6.07 Å². The van der Waals surface area contributed by atoms with Gasteiger partial charge in [0, 0.05) is 25.5 Å². The first kappa shape index (κ1) is 20.3. The van der Waals surface area contributed by atoms with Crippen molar-refractivity contribution in [2.24, 2.45) is 4.99 Å². The van der Waals surface area contributed by atoms with E-state index >= 15 is 0 Å². The van der Waals surface area contributed by atoms with Crippen molar-refractivity contribution in [2.45, 2.75) is 12.3 Å². The van der Waals surface area contributed by atoms with Gasteiger partial charge in [-0.2, -0.15) is 11.8 Å². The van der Waals surface area contributed by atoms with E-state index in [-0.39, 0.29) is 5.82 Å². The molecule has 0 saturated carbocycles. The first-order valence-electron chi connectivity index (χ1n) is 8.08. The third-order valence-corrected chi connectivity index (χ3v) is 4.38. The topological polar surface area (TPSA) is 58.5 Å². The Bertz CT molecular complexity index is 745. The molecule has 140 valence electrons. The molecule has 0 radical (unpaired) electrons. The van der Waals surface area contributed by atoms with E-state index in [2.05, 4.69) is 20.6 Å². The Morgan fingerprint density at radius 1 is 1.31 bits per heavy atom. The van der Waals surface area contributed by atoms with E-state index in [9.17, 15) is 4.39 Å². The third-order valence-electron chi connectivity index (χ3n) is 3.50. The van der Waals surface area contributed by atoms with Crippen LogP contribution in [0.4, 0.5) is 4.39 Å². The molecule has 0 bridgehead atoms. The van der Waals surface area contributed by atoms with Crippen molar-refractivity contribution in [1.82, 2.24) is 15.6 Å². The zero-order valence-electron chi connectivity index (χ0n) is 14.8. The maximum atomic E-state index is 13.4. The number of nitrogens with zero attached hydrogens (tertiary/aromatic N) is 2. The van der Waals surface area contributed by atoms with E-state index < -0.39 is 0 Å². The summed E-state index contributed by atoms with van der Waals surface area (Å²) in [6.45, 7) is 1.49. The molecule has 2 N–H and O–H groups in total. The highest BCUT2D eigenvalue weighted by atomic mass is 35.5. The lowest BCUT2D eigenvalue weighted by molar-refractivity contribution is 0.310. The van der Waals surface area contributed by atoms with Crippen LogP contribution in [0.5, 0.6) is 5.88 Å². The minimum Gasteiger partial charge on any atom is -0.475 e. The lowest BCUT2D eigenvalue weighted by Gasteiger charge is -2.14. The number of thioether (sulfide) groups is 1. The fourth-order valence-corrected chi connectivity index (χ4v) is 3.01. The molecule has 1 aromatic carbocycles. The van der Waals surface area contributed by atoms with Crippen LogP contribution in [-0.2, 0) is 12.3 Å². The van der Waals surface area contributed by atoms with Crippen LogP contribution >= 0.6 is 23.4 Å². The molecule has 8 heteroatoms. The van der Waals surface area contributed by atoms with Gasteiger partial charge in [0.05, 0.1) is 6.54 Å². The average Bonchev–Trinajstić information content (AvgIpc) is 2.64. The summed E-state index contributed by atoms with van der Waals surface area (Å²) in [5.41, 5.74) is 2.02. The fourth-order valence-electron chi connectivity index (χ4n) is 2.25. The molecule has 1 heterocycles. The number of nitrogens with one attached hydrogen (secondary N) is 2. The number of ether oxygens (including phenoxy) is 1. The molecule has 2 rings (SSSR count). The maximum absolute atomic E-state index is 13.4. The van der Waals surface area contributed by atoms with E-state index in [0.717, 1.165) is 16.9 Å². The molecule has 0 aliphatic carbocycles. The summed E-state index contributed by atoms with van der Waals surface area (Å²) < 4.78 is 18.9. The Morgan fingerprint density at radius 3 is 2.88 bits per heavy atom. The lowest BCUT2D eigenvalue weighted by Crippen LogP contribution is -2.39. The van der Waals surface area contributed by atoms with Crippen LogP contribution < -0.4 is 15.4 Å². The van der Waals surface area contributed by atoms with Crippen molar-refractivity contribution in [3.8, 4) is 5.88 Å². The molecular formula is C18H22ClFN4OS. The second-order valence-electron chi connectivity index (χ2n) is 5.34. The van der Waals surface area contributed by atoms with Crippen molar-refractivity contribution in [2.75, 3.05) is 26.5 Å². The summed E-state index contributed by atoms with van der Waals surface area (Å²) >= 11 is 7.65. The normalized spacial score (nSPS) is 11.3. The number of aliphatic imine (C=N–C) groups is 1. The highest BCUT2D eigenvalue weighted by molar-refractivity contribution is 7.97. The van der Waals surface area contributed by atoms with Crippen molar-refractivity contribution >= 4 is 29.3 Å². The van der Waals surface area contributed by atoms with Gasteiger partial charge < -0.3 is 15.4 Å². The number of guanidine groups is 1. The molecule has 0 saturated heterocycles. The number of pyridine rings is 1. The molecule has 0 unspecified atom stereocenters. The number of benzene rings is 1. The second kappa shape index (κ2) is 10.9. The molecule has 0 fully saturated rings. The summed E-state index contributed by atoms with van der Waals surface area (Å²) in [7, 11) is 1.69. The van der Waals surface area contributed by atoms with Gasteiger partial charge in [-0.1, -0.05) is 17.7 Å². The standard InChI is InChI=1S/C18H22ClFN4OS/c1-21-18(23-8-9-25-17-16(19)4-3-7-22-17)24-11-13-5-6-15(20)10-14(13)12-26-2/h3-7,10H,8-9,11-12H2,1-2H3,(H2,21,23,24). The smallest absolute Gasteiger partial charge is 0.232 e. The summed E-state index contributed by atoms with van der Waals surface area (Å²) in [5.74, 6) is 1.59. The molecule has 0 atom stereocenters. The van der Waals surface area contributed by atoms with Gasteiger partial charge in [-0.05, 0) is 41.6 Å². The van der Waals surface area contributed by atoms with Crippen molar-refractivity contribution in [1.29, 1.82) is 0 Å². The van der Waals surface area contributed by atoms with Gasteiger partial charge in [-0.25, -0.2) is 9.37 Å².